The number of thiazole rings is 1. The van der Waals surface area contributed by atoms with E-state index in [4.69, 9.17) is 4.74 Å². The summed E-state index contributed by atoms with van der Waals surface area (Å²) in [6.07, 6.45) is 0.782. The van der Waals surface area contributed by atoms with E-state index in [9.17, 15) is 4.79 Å². The van der Waals surface area contributed by atoms with Gasteiger partial charge in [0.15, 0.2) is 0 Å². The number of esters is 1. The highest BCUT2D eigenvalue weighted by Gasteiger charge is 2.17. The molecule has 5 heteroatoms. The van der Waals surface area contributed by atoms with E-state index in [-0.39, 0.29) is 12.1 Å². The van der Waals surface area contributed by atoms with Gasteiger partial charge in [-0.3, -0.25) is 4.79 Å². The molecule has 20 heavy (non-hydrogen) atoms. The van der Waals surface area contributed by atoms with E-state index >= 15 is 0 Å². The fraction of sp³-hybridized carbons (Fsp3) is 0.333. The summed E-state index contributed by atoms with van der Waals surface area (Å²) in [5.74, 6) is -0.217. The quantitative estimate of drug-likeness (QED) is 0.768. The van der Waals surface area contributed by atoms with Crippen molar-refractivity contribution in [1.29, 1.82) is 0 Å². The molecule has 0 saturated carbocycles. The van der Waals surface area contributed by atoms with Crippen LogP contribution in [0.5, 0.6) is 0 Å². The van der Waals surface area contributed by atoms with Gasteiger partial charge in [-0.25, -0.2) is 4.98 Å². The van der Waals surface area contributed by atoms with E-state index in [0.29, 0.717) is 12.8 Å². The fourth-order valence-corrected chi connectivity index (χ4v) is 2.85. The number of hydrogen-bond acceptors (Lipinski definition) is 5. The number of carbonyl (C=O) groups is 1. The third-order valence-corrected chi connectivity index (χ3v) is 3.88. The molecule has 2 aromatic rings. The molecule has 0 aliphatic heterocycles. The number of hydrogen-bond donors (Lipinski definition) is 0. The molecule has 1 aromatic heterocycles. The van der Waals surface area contributed by atoms with Gasteiger partial charge in [0, 0.05) is 18.9 Å². The van der Waals surface area contributed by atoms with Gasteiger partial charge in [-0.2, -0.15) is 0 Å². The molecule has 0 N–H and O–H groups in total. The second-order valence-corrected chi connectivity index (χ2v) is 5.17. The Morgan fingerprint density at radius 2 is 2.05 bits per heavy atom. The number of methoxy groups -OCH3 is 2. The summed E-state index contributed by atoms with van der Waals surface area (Å²) in [6, 6.07) is 9.97. The zero-order valence-corrected chi connectivity index (χ0v) is 12.4. The molecule has 0 spiro atoms. The highest BCUT2D eigenvalue weighted by atomic mass is 32.1. The maximum atomic E-state index is 11.1. The van der Waals surface area contributed by atoms with Crippen LogP contribution >= 0.6 is 11.3 Å². The van der Waals surface area contributed by atoms with E-state index in [2.05, 4.69) is 9.72 Å². The third-order valence-electron chi connectivity index (χ3n) is 2.94. The summed E-state index contributed by atoms with van der Waals surface area (Å²) in [4.78, 5) is 15.7. The molecule has 1 aromatic carbocycles. The lowest BCUT2D eigenvalue weighted by molar-refractivity contribution is -0.140. The van der Waals surface area contributed by atoms with E-state index in [1.165, 1.54) is 7.11 Å². The van der Waals surface area contributed by atoms with Crippen LogP contribution in [0.4, 0.5) is 0 Å². The molecule has 0 radical (unpaired) electrons. The van der Waals surface area contributed by atoms with Crippen molar-refractivity contribution < 1.29 is 14.3 Å². The van der Waals surface area contributed by atoms with Gasteiger partial charge in [0.1, 0.15) is 11.1 Å². The molecule has 4 nitrogen and oxygen atoms in total. The van der Waals surface area contributed by atoms with Crippen LogP contribution in [0.2, 0.25) is 0 Å². The first kappa shape index (κ1) is 14.7. The van der Waals surface area contributed by atoms with Gasteiger partial charge in [-0.15, -0.1) is 11.3 Å². The van der Waals surface area contributed by atoms with Crippen molar-refractivity contribution >= 4 is 17.3 Å². The Balaban J connectivity index is 2.08. The van der Waals surface area contributed by atoms with Crippen LogP contribution in [-0.4, -0.2) is 25.2 Å². The maximum Gasteiger partial charge on any atom is 0.305 e. The van der Waals surface area contributed by atoms with Crippen LogP contribution in [0.25, 0.3) is 0 Å². The van der Waals surface area contributed by atoms with Crippen molar-refractivity contribution in [3.05, 3.63) is 52.0 Å². The summed E-state index contributed by atoms with van der Waals surface area (Å²) in [5, 5.41) is 2.87. The Morgan fingerprint density at radius 3 is 2.70 bits per heavy atom. The van der Waals surface area contributed by atoms with E-state index in [0.717, 1.165) is 16.3 Å². The first-order chi connectivity index (χ1) is 9.74. The average Bonchev–Trinajstić information content (AvgIpc) is 2.95. The van der Waals surface area contributed by atoms with Crippen molar-refractivity contribution in [2.45, 2.75) is 18.9 Å². The maximum absolute atomic E-state index is 11.1. The number of aryl methyl sites for hydroxylation is 1. The summed E-state index contributed by atoms with van der Waals surface area (Å²) in [5.41, 5.74) is 1.97. The van der Waals surface area contributed by atoms with Crippen molar-refractivity contribution in [2.75, 3.05) is 14.2 Å². The monoisotopic (exact) mass is 291 g/mol. The molecular formula is C15H17NO3S. The normalized spacial score (nSPS) is 12.1. The van der Waals surface area contributed by atoms with E-state index in [1.807, 2.05) is 35.7 Å². The van der Waals surface area contributed by atoms with Crippen molar-refractivity contribution in [3.8, 4) is 0 Å². The van der Waals surface area contributed by atoms with Gasteiger partial charge >= 0.3 is 5.97 Å². The lowest BCUT2D eigenvalue weighted by Crippen LogP contribution is -2.04. The lowest BCUT2D eigenvalue weighted by Gasteiger charge is -2.12. The molecule has 0 bridgehead atoms. The number of rotatable bonds is 6. The van der Waals surface area contributed by atoms with Crippen LogP contribution in [0.15, 0.2) is 35.7 Å². The Labute approximate surface area is 122 Å². The van der Waals surface area contributed by atoms with E-state index < -0.39 is 0 Å². The zero-order chi connectivity index (χ0) is 14.4. The number of aromatic nitrogens is 1. The first-order valence-corrected chi connectivity index (χ1v) is 7.21. The van der Waals surface area contributed by atoms with Gasteiger partial charge in [-0.05, 0) is 5.56 Å². The minimum Gasteiger partial charge on any atom is -0.469 e. The molecular weight excluding hydrogens is 274 g/mol. The topological polar surface area (TPSA) is 48.4 Å². The van der Waals surface area contributed by atoms with Crippen LogP contribution < -0.4 is 0 Å². The van der Waals surface area contributed by atoms with Crippen LogP contribution in [-0.2, 0) is 20.7 Å². The smallest absolute Gasteiger partial charge is 0.305 e. The van der Waals surface area contributed by atoms with Crippen molar-refractivity contribution in [1.82, 2.24) is 4.98 Å². The predicted octanol–water partition coefficient (Wildman–Crippen LogP) is 2.98. The Kier molecular flexibility index (Phi) is 5.26. The molecule has 0 aliphatic carbocycles. The van der Waals surface area contributed by atoms with Gasteiger partial charge in [0.25, 0.3) is 0 Å². The average molecular weight is 291 g/mol. The zero-order valence-electron chi connectivity index (χ0n) is 11.5. The molecule has 0 amide bonds. The Morgan fingerprint density at radius 1 is 1.30 bits per heavy atom. The molecule has 106 valence electrons. The minimum atomic E-state index is -0.217. The SMILES string of the molecule is COC(=O)CCc1csc(C(OC)c2ccccc2)n1. The van der Waals surface area contributed by atoms with Crippen molar-refractivity contribution in [3.63, 3.8) is 0 Å². The summed E-state index contributed by atoms with van der Waals surface area (Å²) in [7, 11) is 3.07. The summed E-state index contributed by atoms with van der Waals surface area (Å²) >= 11 is 1.55. The molecule has 2 rings (SSSR count). The molecule has 1 atom stereocenters. The molecule has 1 unspecified atom stereocenters. The number of nitrogens with zero attached hydrogens (tertiary/aromatic N) is 1. The van der Waals surface area contributed by atoms with Crippen LogP contribution in [0.1, 0.15) is 28.8 Å². The Bertz CT molecular complexity index is 553. The highest BCUT2D eigenvalue weighted by molar-refractivity contribution is 7.09. The molecule has 1 heterocycles. The highest BCUT2D eigenvalue weighted by Crippen LogP contribution is 2.28. The summed E-state index contributed by atoms with van der Waals surface area (Å²) in [6.45, 7) is 0. The largest absolute Gasteiger partial charge is 0.469 e. The molecule has 0 saturated heterocycles. The standard InChI is InChI=1S/C15H17NO3S/c1-18-13(17)9-8-12-10-20-15(16-12)14(19-2)11-6-4-3-5-7-11/h3-7,10,14H,8-9H2,1-2H3. The second-order valence-electron chi connectivity index (χ2n) is 4.28. The third kappa shape index (κ3) is 3.65. The number of carbonyl (C=O) groups excluding carboxylic acids is 1. The number of ether oxygens (including phenoxy) is 2. The van der Waals surface area contributed by atoms with Crippen LogP contribution in [0, 0.1) is 0 Å². The molecule has 0 aliphatic rings. The fourth-order valence-electron chi connectivity index (χ4n) is 1.90. The first-order valence-electron chi connectivity index (χ1n) is 6.33. The van der Waals surface area contributed by atoms with Gasteiger partial charge in [0.05, 0.1) is 19.2 Å². The second kappa shape index (κ2) is 7.17. The van der Waals surface area contributed by atoms with Gasteiger partial charge in [0.2, 0.25) is 0 Å². The molecule has 0 fully saturated rings. The van der Waals surface area contributed by atoms with Gasteiger partial charge in [-0.1, -0.05) is 30.3 Å². The predicted molar refractivity (Wildman–Crippen MR) is 77.7 cm³/mol. The van der Waals surface area contributed by atoms with Gasteiger partial charge < -0.3 is 9.47 Å². The Hall–Kier alpha value is -1.72. The van der Waals surface area contributed by atoms with Crippen LogP contribution in [0.3, 0.4) is 0 Å². The summed E-state index contributed by atoms with van der Waals surface area (Å²) < 4.78 is 10.2. The minimum absolute atomic E-state index is 0.159. The number of benzene rings is 1. The van der Waals surface area contributed by atoms with Crippen molar-refractivity contribution in [2.24, 2.45) is 0 Å². The van der Waals surface area contributed by atoms with E-state index in [1.54, 1.807) is 18.4 Å². The lowest BCUT2D eigenvalue weighted by atomic mass is 10.1.